The molecule has 0 aliphatic rings. The quantitative estimate of drug-likeness (QED) is 0.250. The first-order chi connectivity index (χ1) is 16.7. The van der Waals surface area contributed by atoms with Gasteiger partial charge in [0.15, 0.2) is 6.17 Å². The summed E-state index contributed by atoms with van der Waals surface area (Å²) >= 11 is 4.57. The second-order valence-corrected chi connectivity index (χ2v) is 9.51. The first kappa shape index (κ1) is 21.3. The lowest BCUT2D eigenvalue weighted by Crippen LogP contribution is -2.24. The Kier molecular flexibility index (Phi) is 5.57. The normalized spacial score (nSPS) is 11.5. The van der Waals surface area contributed by atoms with Crippen LogP contribution in [0.3, 0.4) is 0 Å². The molecule has 0 saturated heterocycles. The molecule has 0 fully saturated rings. The van der Waals surface area contributed by atoms with Gasteiger partial charge in [0.2, 0.25) is 0 Å². The van der Waals surface area contributed by atoms with E-state index in [1.165, 1.54) is 0 Å². The van der Waals surface area contributed by atoms with Gasteiger partial charge in [0, 0.05) is 23.5 Å². The minimum absolute atomic E-state index is 0.492. The molecule has 0 unspecified atom stereocenters. The van der Waals surface area contributed by atoms with Gasteiger partial charge in [-0.25, -0.2) is 19.3 Å². The maximum atomic E-state index is 4.85. The lowest BCUT2D eigenvalue weighted by Gasteiger charge is -2.17. The monoisotopic (exact) mass is 671 g/mol. The van der Waals surface area contributed by atoms with Crippen molar-refractivity contribution in [2.75, 3.05) is 0 Å². The zero-order chi connectivity index (χ0) is 23.1. The molecule has 6 aromatic rings. The van der Waals surface area contributed by atoms with E-state index < -0.39 is 6.17 Å². The minimum Gasteiger partial charge on any atom is -0.290 e. The molecule has 0 saturated carbocycles. The van der Waals surface area contributed by atoms with Crippen LogP contribution in [-0.4, -0.2) is 44.4 Å². The Morgan fingerprint density at radius 2 is 1.26 bits per heavy atom. The maximum absolute atomic E-state index is 4.85. The van der Waals surface area contributed by atoms with Gasteiger partial charge < -0.3 is 0 Å². The summed E-state index contributed by atoms with van der Waals surface area (Å²) in [6, 6.07) is 21.9. The number of fused-ring (bicyclic) bond motifs is 1. The second-order valence-electron chi connectivity index (χ2n) is 7.46. The van der Waals surface area contributed by atoms with Crippen molar-refractivity contribution in [3.05, 3.63) is 98.5 Å². The van der Waals surface area contributed by atoms with Crippen LogP contribution in [0, 0.1) is 7.40 Å². The third-order valence-corrected chi connectivity index (χ3v) is 7.39. The molecule has 166 valence electrons. The molecule has 0 amide bonds. The third-order valence-electron chi connectivity index (χ3n) is 5.38. The highest BCUT2D eigenvalue weighted by atomic mass is 127. The van der Waals surface area contributed by atoms with Crippen LogP contribution in [-0.2, 0) is 0 Å². The van der Waals surface area contributed by atoms with E-state index in [-0.39, 0.29) is 0 Å². The van der Waals surface area contributed by atoms with Crippen molar-refractivity contribution in [1.29, 1.82) is 0 Å². The largest absolute Gasteiger partial charge is 0.290 e. The molecule has 0 aliphatic heterocycles. The van der Waals surface area contributed by atoms with Gasteiger partial charge >= 0.3 is 0 Å². The number of rotatable bonds is 5. The van der Waals surface area contributed by atoms with Gasteiger partial charge in [-0.1, -0.05) is 71.1 Å². The minimum atomic E-state index is -0.492. The van der Waals surface area contributed by atoms with Crippen molar-refractivity contribution in [3.63, 3.8) is 0 Å². The third kappa shape index (κ3) is 3.68. The summed E-state index contributed by atoms with van der Waals surface area (Å²) in [5.74, 6) is 0. The van der Waals surface area contributed by atoms with Gasteiger partial charge in [-0.05, 0) is 51.2 Å². The van der Waals surface area contributed by atoms with Gasteiger partial charge in [0.1, 0.15) is 36.5 Å². The zero-order valence-electron chi connectivity index (χ0n) is 17.4. The second kappa shape index (κ2) is 8.87. The molecular formula is C23H15I2N9. The summed E-state index contributed by atoms with van der Waals surface area (Å²) in [6.45, 7) is 0. The summed E-state index contributed by atoms with van der Waals surface area (Å²) in [7, 11) is 0. The summed E-state index contributed by atoms with van der Waals surface area (Å²) in [6.07, 6.45) is 4.90. The molecule has 11 heteroatoms. The van der Waals surface area contributed by atoms with Crippen LogP contribution in [0.4, 0.5) is 0 Å². The Hall–Kier alpha value is -3.20. The van der Waals surface area contributed by atoms with Crippen LogP contribution < -0.4 is 0 Å². The van der Waals surface area contributed by atoms with Crippen LogP contribution in [0.5, 0.6) is 0 Å². The maximum Gasteiger partial charge on any atom is 0.192 e. The number of halogens is 2. The molecule has 0 aliphatic carbocycles. The predicted octanol–water partition coefficient (Wildman–Crippen LogP) is 4.55. The molecule has 0 bridgehead atoms. The Balaban J connectivity index is 1.54. The van der Waals surface area contributed by atoms with Crippen LogP contribution in [0.2, 0.25) is 0 Å². The summed E-state index contributed by atoms with van der Waals surface area (Å²) in [5.41, 5.74) is 5.12. The predicted molar refractivity (Wildman–Crippen MR) is 143 cm³/mol. The van der Waals surface area contributed by atoms with Crippen LogP contribution in [0.25, 0.3) is 28.2 Å². The summed E-state index contributed by atoms with van der Waals surface area (Å²) < 4.78 is 7.30. The smallest absolute Gasteiger partial charge is 0.192 e. The van der Waals surface area contributed by atoms with Gasteiger partial charge in [-0.2, -0.15) is 0 Å². The van der Waals surface area contributed by atoms with Crippen molar-refractivity contribution in [2.24, 2.45) is 0 Å². The fourth-order valence-electron chi connectivity index (χ4n) is 3.76. The van der Waals surface area contributed by atoms with Crippen molar-refractivity contribution in [2.45, 2.75) is 6.17 Å². The van der Waals surface area contributed by atoms with E-state index >= 15 is 0 Å². The Labute approximate surface area is 221 Å². The number of aromatic nitrogens is 9. The number of nitrogens with zero attached hydrogens (tertiary/aromatic N) is 9. The van der Waals surface area contributed by atoms with Gasteiger partial charge in [0.05, 0.1) is 0 Å². The molecule has 0 radical (unpaired) electrons. The van der Waals surface area contributed by atoms with Crippen molar-refractivity contribution < 1.29 is 0 Å². The molecule has 0 atom stereocenters. The highest BCUT2D eigenvalue weighted by molar-refractivity contribution is 14.1. The molecule has 4 heterocycles. The number of benzene rings is 2. The Morgan fingerprint density at radius 1 is 0.706 bits per heavy atom. The van der Waals surface area contributed by atoms with E-state index in [9.17, 15) is 0 Å². The fraction of sp³-hybridized carbons (Fsp3) is 0.0435. The van der Waals surface area contributed by atoms with E-state index in [0.29, 0.717) is 0 Å². The van der Waals surface area contributed by atoms with E-state index in [0.717, 1.165) is 41.3 Å². The first-order valence-electron chi connectivity index (χ1n) is 10.3. The average molecular weight is 671 g/mol. The van der Waals surface area contributed by atoms with Crippen molar-refractivity contribution in [1.82, 2.24) is 44.4 Å². The summed E-state index contributed by atoms with van der Waals surface area (Å²) in [4.78, 5) is 9.06. The number of hydrogen-bond acceptors (Lipinski definition) is 6. The standard InChI is InChI=1S/C23H15I2N9/c24-21-19(15-7-3-1-4-8-15)28-30-33(21)23(17-13-32-14-26-12-11-18(32)27-17)34-22(25)20(29-31-34)16-9-5-2-6-10-16/h1-14,23H. The van der Waals surface area contributed by atoms with E-state index in [2.05, 4.69) is 70.8 Å². The highest BCUT2D eigenvalue weighted by Gasteiger charge is 2.29. The number of imidazole rings is 1. The van der Waals surface area contributed by atoms with Crippen LogP contribution >= 0.6 is 45.2 Å². The van der Waals surface area contributed by atoms with E-state index in [1.54, 1.807) is 12.5 Å². The molecule has 34 heavy (non-hydrogen) atoms. The SMILES string of the molecule is Ic1c(-c2ccccc2)nnn1C(c1cn2cnccc2n1)n1nnc(-c2ccccc2)c1I. The molecule has 2 aromatic carbocycles. The van der Waals surface area contributed by atoms with Gasteiger partial charge in [0.25, 0.3) is 0 Å². The topological polar surface area (TPSA) is 91.6 Å². The zero-order valence-corrected chi connectivity index (χ0v) is 21.8. The molecule has 9 nitrogen and oxygen atoms in total. The first-order valence-corrected chi connectivity index (χ1v) is 12.5. The lowest BCUT2D eigenvalue weighted by atomic mass is 10.2. The van der Waals surface area contributed by atoms with Crippen LogP contribution in [0.1, 0.15) is 11.9 Å². The molecule has 0 N–H and O–H groups in total. The van der Waals surface area contributed by atoms with Crippen LogP contribution in [0.15, 0.2) is 85.5 Å². The van der Waals surface area contributed by atoms with Gasteiger partial charge in [-0.3, -0.25) is 4.40 Å². The van der Waals surface area contributed by atoms with Crippen molar-refractivity contribution >= 4 is 50.8 Å². The number of hydrogen-bond donors (Lipinski definition) is 0. The molecule has 6 rings (SSSR count). The van der Waals surface area contributed by atoms with E-state index in [4.69, 9.17) is 4.98 Å². The average Bonchev–Trinajstić information content (AvgIpc) is 3.58. The van der Waals surface area contributed by atoms with E-state index in [1.807, 2.05) is 86.7 Å². The summed E-state index contributed by atoms with van der Waals surface area (Å²) in [5, 5.41) is 18.1. The lowest BCUT2D eigenvalue weighted by molar-refractivity contribution is 0.381. The van der Waals surface area contributed by atoms with Crippen molar-refractivity contribution in [3.8, 4) is 22.5 Å². The molecule has 0 spiro atoms. The fourth-order valence-corrected chi connectivity index (χ4v) is 5.32. The molecule has 4 aromatic heterocycles. The highest BCUT2D eigenvalue weighted by Crippen LogP contribution is 2.31. The Bertz CT molecular complexity index is 1470. The van der Waals surface area contributed by atoms with Gasteiger partial charge in [-0.15, -0.1) is 10.2 Å². The molecular weight excluding hydrogens is 656 g/mol. The Morgan fingerprint density at radius 3 is 1.79 bits per heavy atom.